The minimum absolute atomic E-state index is 0.0706. The first-order chi connectivity index (χ1) is 12.7. The summed E-state index contributed by atoms with van der Waals surface area (Å²) in [6.45, 7) is 0. The molecule has 2 aromatic carbocycles. The Bertz CT molecular complexity index is 1120. The van der Waals surface area contributed by atoms with Crippen molar-refractivity contribution < 1.29 is 4.92 Å². The first kappa shape index (κ1) is 16.7. The number of para-hydroxylation sites is 1. The summed E-state index contributed by atoms with van der Waals surface area (Å²) >= 11 is 2.99. The van der Waals surface area contributed by atoms with Crippen LogP contribution in [0.4, 0.5) is 5.69 Å². The van der Waals surface area contributed by atoms with Gasteiger partial charge in [-0.2, -0.15) is 4.37 Å². The number of nitrogens with zero attached hydrogens (tertiary/aromatic N) is 3. The van der Waals surface area contributed by atoms with E-state index in [1.807, 2.05) is 24.5 Å². The van der Waals surface area contributed by atoms with E-state index < -0.39 is 0 Å². The second-order valence-corrected chi connectivity index (χ2v) is 7.21. The van der Waals surface area contributed by atoms with Crippen LogP contribution in [0.3, 0.4) is 0 Å². The summed E-state index contributed by atoms with van der Waals surface area (Å²) in [5.41, 5.74) is 3.26. The third-order valence-corrected chi connectivity index (χ3v) is 5.77. The normalized spacial score (nSPS) is 11.0. The van der Waals surface area contributed by atoms with Gasteiger partial charge in [0.15, 0.2) is 0 Å². The quantitative estimate of drug-likeness (QED) is 0.260. The van der Waals surface area contributed by atoms with Crippen molar-refractivity contribution in [2.45, 2.75) is 4.90 Å². The molecule has 0 aliphatic carbocycles. The van der Waals surface area contributed by atoms with Crippen molar-refractivity contribution in [3.63, 3.8) is 0 Å². The molecule has 0 saturated heterocycles. The van der Waals surface area contributed by atoms with E-state index >= 15 is 0 Å². The first-order valence-electron chi connectivity index (χ1n) is 7.81. The largest absolute Gasteiger partial charge is 0.277 e. The van der Waals surface area contributed by atoms with Crippen molar-refractivity contribution in [2.24, 2.45) is 0 Å². The van der Waals surface area contributed by atoms with Gasteiger partial charge in [0.1, 0.15) is 0 Å². The number of hydrogen-bond donors (Lipinski definition) is 0. The summed E-state index contributed by atoms with van der Waals surface area (Å²) in [6.07, 6.45) is 5.54. The molecule has 0 atom stereocenters. The third-order valence-electron chi connectivity index (χ3n) is 4.15. The molecule has 0 saturated carbocycles. The molecule has 0 unspecified atom stereocenters. The molecule has 7 heteroatoms. The van der Waals surface area contributed by atoms with E-state index in [1.165, 1.54) is 17.6 Å². The Balaban J connectivity index is 1.98. The van der Waals surface area contributed by atoms with Crippen LogP contribution < -0.4 is 0 Å². The topological polar surface area (TPSA) is 68.9 Å². The van der Waals surface area contributed by atoms with Crippen molar-refractivity contribution in [1.82, 2.24) is 9.36 Å². The molecule has 0 aliphatic rings. The average molecular weight is 379 g/mol. The molecule has 5 nitrogen and oxygen atoms in total. The van der Waals surface area contributed by atoms with Gasteiger partial charge in [0, 0.05) is 33.7 Å². The molecule has 4 aromatic rings. The number of pyridine rings is 1. The summed E-state index contributed by atoms with van der Waals surface area (Å²) in [7, 11) is 0. The second kappa shape index (κ2) is 6.86. The lowest BCUT2D eigenvalue weighted by Crippen LogP contribution is -1.93. The lowest BCUT2D eigenvalue weighted by atomic mass is 10.0. The Morgan fingerprint density at radius 1 is 1.00 bits per heavy atom. The Morgan fingerprint density at radius 2 is 1.73 bits per heavy atom. The predicted molar refractivity (Wildman–Crippen MR) is 107 cm³/mol. The fraction of sp³-hybridized carbons (Fsp3) is 0.0526. The minimum Gasteiger partial charge on any atom is -0.258 e. The molecule has 0 fully saturated rings. The summed E-state index contributed by atoms with van der Waals surface area (Å²) in [6, 6.07) is 14.8. The van der Waals surface area contributed by atoms with Gasteiger partial charge in [-0.15, -0.1) is 11.8 Å². The van der Waals surface area contributed by atoms with E-state index in [0.717, 1.165) is 31.8 Å². The molecule has 4 rings (SSSR count). The van der Waals surface area contributed by atoms with Crippen molar-refractivity contribution >= 4 is 39.1 Å². The highest BCUT2D eigenvalue weighted by atomic mass is 32.2. The van der Waals surface area contributed by atoms with Gasteiger partial charge < -0.3 is 0 Å². The van der Waals surface area contributed by atoms with Gasteiger partial charge in [0.2, 0.25) is 0 Å². The predicted octanol–water partition coefficient (Wildman–Crippen LogP) is 5.66. The van der Waals surface area contributed by atoms with E-state index in [4.69, 9.17) is 0 Å². The monoisotopic (exact) mass is 379 g/mol. The van der Waals surface area contributed by atoms with Crippen molar-refractivity contribution in [2.75, 3.05) is 6.26 Å². The molecule has 26 heavy (non-hydrogen) atoms. The minimum atomic E-state index is -0.362. The summed E-state index contributed by atoms with van der Waals surface area (Å²) in [5, 5.41) is 12.3. The maximum Gasteiger partial charge on any atom is 0.277 e. The van der Waals surface area contributed by atoms with Gasteiger partial charge in [-0.1, -0.05) is 30.3 Å². The van der Waals surface area contributed by atoms with Crippen LogP contribution in [0.5, 0.6) is 0 Å². The fourth-order valence-corrected chi connectivity index (χ4v) is 4.34. The second-order valence-electron chi connectivity index (χ2n) is 5.56. The Labute approximate surface area is 158 Å². The lowest BCUT2D eigenvalue weighted by Gasteiger charge is -2.10. The molecule has 0 aliphatic heterocycles. The summed E-state index contributed by atoms with van der Waals surface area (Å²) in [5.74, 6) is 0. The van der Waals surface area contributed by atoms with Gasteiger partial charge in [-0.05, 0) is 29.9 Å². The number of nitro groups is 1. The zero-order valence-corrected chi connectivity index (χ0v) is 15.4. The molecule has 0 radical (unpaired) electrons. The highest BCUT2D eigenvalue weighted by Crippen LogP contribution is 2.40. The van der Waals surface area contributed by atoms with Crippen LogP contribution in [-0.4, -0.2) is 20.5 Å². The molecule has 2 aromatic heterocycles. The van der Waals surface area contributed by atoms with Crippen LogP contribution in [0.15, 0.2) is 65.8 Å². The van der Waals surface area contributed by atoms with Crippen molar-refractivity contribution in [3.8, 4) is 22.4 Å². The van der Waals surface area contributed by atoms with Gasteiger partial charge in [-0.3, -0.25) is 15.1 Å². The maximum absolute atomic E-state index is 11.4. The molecule has 2 heterocycles. The standard InChI is InChI=1S/C19H13N3O2S2/c1-25-17-9-5-3-7-13(17)18-15-11-21-26-19(15)14(10-20-18)12-6-2-4-8-16(12)22(23)24/h2-11H,1H3. The van der Waals surface area contributed by atoms with E-state index in [2.05, 4.69) is 15.4 Å². The number of fused-ring (bicyclic) bond motifs is 1. The van der Waals surface area contributed by atoms with Crippen LogP contribution in [-0.2, 0) is 0 Å². The zero-order valence-electron chi connectivity index (χ0n) is 13.7. The Morgan fingerprint density at radius 3 is 2.50 bits per heavy atom. The molecule has 0 N–H and O–H groups in total. The van der Waals surface area contributed by atoms with Gasteiger partial charge >= 0.3 is 0 Å². The lowest BCUT2D eigenvalue weighted by molar-refractivity contribution is -0.384. The zero-order chi connectivity index (χ0) is 18.1. The number of rotatable bonds is 4. The van der Waals surface area contributed by atoms with Crippen molar-refractivity contribution in [1.29, 1.82) is 0 Å². The van der Waals surface area contributed by atoms with Crippen LogP contribution in [0.2, 0.25) is 0 Å². The summed E-state index contributed by atoms with van der Waals surface area (Å²) in [4.78, 5) is 16.8. The molecular formula is C19H13N3O2S2. The molecule has 0 amide bonds. The Kier molecular flexibility index (Phi) is 4.40. The van der Waals surface area contributed by atoms with Crippen molar-refractivity contribution in [3.05, 3.63) is 71.0 Å². The average Bonchev–Trinajstić information content (AvgIpc) is 3.17. The first-order valence-corrected chi connectivity index (χ1v) is 9.81. The van der Waals surface area contributed by atoms with E-state index in [9.17, 15) is 10.1 Å². The van der Waals surface area contributed by atoms with Crippen LogP contribution in [0, 0.1) is 10.1 Å². The van der Waals surface area contributed by atoms with Crippen LogP contribution in [0.1, 0.15) is 0 Å². The van der Waals surface area contributed by atoms with Gasteiger partial charge in [0.25, 0.3) is 5.69 Å². The molecule has 0 bridgehead atoms. The number of hydrogen-bond acceptors (Lipinski definition) is 6. The van der Waals surface area contributed by atoms with Gasteiger partial charge in [-0.25, -0.2) is 0 Å². The highest BCUT2D eigenvalue weighted by Gasteiger charge is 2.20. The number of nitro benzene ring substituents is 1. The molecule has 0 spiro atoms. The van der Waals surface area contributed by atoms with Crippen LogP contribution in [0.25, 0.3) is 32.5 Å². The smallest absolute Gasteiger partial charge is 0.258 e. The molecular weight excluding hydrogens is 366 g/mol. The van der Waals surface area contributed by atoms with Gasteiger partial charge in [0.05, 0.1) is 27.1 Å². The number of thioether (sulfide) groups is 1. The van der Waals surface area contributed by atoms with E-state index in [-0.39, 0.29) is 10.6 Å². The third kappa shape index (κ3) is 2.75. The fourth-order valence-electron chi connectivity index (χ4n) is 2.97. The van der Waals surface area contributed by atoms with E-state index in [1.54, 1.807) is 42.4 Å². The molecule has 128 valence electrons. The van der Waals surface area contributed by atoms with E-state index in [0.29, 0.717) is 5.56 Å². The highest BCUT2D eigenvalue weighted by molar-refractivity contribution is 7.98. The number of aromatic nitrogens is 2. The van der Waals surface area contributed by atoms with Crippen LogP contribution >= 0.6 is 23.3 Å². The Hall–Kier alpha value is -2.77. The summed E-state index contributed by atoms with van der Waals surface area (Å²) < 4.78 is 5.23. The SMILES string of the molecule is CSc1ccccc1-c1ncc(-c2ccccc2[N+](=O)[O-])c2sncc12. The number of benzene rings is 2. The maximum atomic E-state index is 11.4.